The van der Waals surface area contributed by atoms with E-state index in [1.54, 1.807) is 0 Å². The number of hydrogen-bond donors (Lipinski definition) is 1. The third kappa shape index (κ3) is 2.17. The Morgan fingerprint density at radius 2 is 2.33 bits per heavy atom. The zero-order valence-corrected chi connectivity index (χ0v) is 9.87. The third-order valence-electron chi connectivity index (χ3n) is 2.28. The molecule has 3 nitrogen and oxygen atoms in total. The molecule has 82 valence electrons. The van der Waals surface area contributed by atoms with Crippen LogP contribution in [0.3, 0.4) is 0 Å². The highest BCUT2D eigenvalue weighted by Gasteiger charge is 2.52. The van der Waals surface area contributed by atoms with Gasteiger partial charge in [-0.25, -0.2) is 13.8 Å². The van der Waals surface area contributed by atoms with Crippen LogP contribution in [0.5, 0.6) is 0 Å². The van der Waals surface area contributed by atoms with E-state index in [1.807, 2.05) is 0 Å². The quantitative estimate of drug-likeness (QED) is 0.931. The lowest BCUT2D eigenvalue weighted by Crippen LogP contribution is -2.42. The van der Waals surface area contributed by atoms with E-state index >= 15 is 0 Å². The van der Waals surface area contributed by atoms with Crippen molar-refractivity contribution in [3.8, 4) is 0 Å². The van der Waals surface area contributed by atoms with Crippen LogP contribution in [0, 0.1) is 0 Å². The standard InChI is InChI=1S/C8H7BrF2N2OS/c9-7-12-4(3-15-7)5(14)13-8(1-2-8)6(10)11/h3,6H,1-2H2,(H,13,14). The summed E-state index contributed by atoms with van der Waals surface area (Å²) in [7, 11) is 0. The first-order valence-corrected chi connectivity index (χ1v) is 5.92. The minimum absolute atomic E-state index is 0.179. The summed E-state index contributed by atoms with van der Waals surface area (Å²) in [5, 5.41) is 3.86. The fourth-order valence-electron chi connectivity index (χ4n) is 1.18. The van der Waals surface area contributed by atoms with Gasteiger partial charge in [0, 0.05) is 5.38 Å². The molecule has 1 aliphatic rings. The van der Waals surface area contributed by atoms with Crippen molar-refractivity contribution in [1.29, 1.82) is 0 Å². The number of carbonyl (C=O) groups is 1. The number of amides is 1. The summed E-state index contributed by atoms with van der Waals surface area (Å²) < 4.78 is 25.6. The monoisotopic (exact) mass is 296 g/mol. The van der Waals surface area contributed by atoms with Crippen LogP contribution in [-0.2, 0) is 0 Å². The molecule has 1 aliphatic carbocycles. The molecule has 0 aromatic carbocycles. The molecule has 15 heavy (non-hydrogen) atoms. The molecule has 1 heterocycles. The molecule has 1 fully saturated rings. The van der Waals surface area contributed by atoms with Gasteiger partial charge in [-0.15, -0.1) is 11.3 Å². The topological polar surface area (TPSA) is 42.0 Å². The Hall–Kier alpha value is -0.560. The zero-order valence-electron chi connectivity index (χ0n) is 7.47. The summed E-state index contributed by atoms with van der Waals surface area (Å²) in [6.45, 7) is 0. The predicted molar refractivity (Wildman–Crippen MR) is 55.2 cm³/mol. The number of aromatic nitrogens is 1. The Labute approximate surface area is 97.0 Å². The largest absolute Gasteiger partial charge is 0.339 e. The van der Waals surface area contributed by atoms with Crippen molar-refractivity contribution in [3.63, 3.8) is 0 Å². The lowest BCUT2D eigenvalue weighted by atomic mass is 10.2. The second-order valence-electron chi connectivity index (χ2n) is 3.40. The average Bonchev–Trinajstić information content (AvgIpc) is 2.82. The molecule has 1 aromatic heterocycles. The number of rotatable bonds is 3. The molecule has 0 bridgehead atoms. The van der Waals surface area contributed by atoms with Gasteiger partial charge >= 0.3 is 0 Å². The van der Waals surface area contributed by atoms with Gasteiger partial charge in [-0.1, -0.05) is 0 Å². The molecule has 0 spiro atoms. The maximum absolute atomic E-state index is 12.5. The summed E-state index contributed by atoms with van der Waals surface area (Å²) in [4.78, 5) is 15.4. The minimum atomic E-state index is -2.51. The minimum Gasteiger partial charge on any atom is -0.339 e. The number of nitrogens with one attached hydrogen (secondary N) is 1. The summed E-state index contributed by atoms with van der Waals surface area (Å²) in [5.41, 5.74) is -1.12. The fraction of sp³-hybridized carbons (Fsp3) is 0.500. The highest BCUT2D eigenvalue weighted by molar-refractivity contribution is 9.11. The van der Waals surface area contributed by atoms with Gasteiger partial charge in [-0.05, 0) is 28.8 Å². The number of thiazole rings is 1. The fourth-order valence-corrected chi connectivity index (χ4v) is 2.17. The molecule has 0 atom stereocenters. The normalized spacial score (nSPS) is 17.9. The van der Waals surface area contributed by atoms with Crippen LogP contribution in [0.1, 0.15) is 23.3 Å². The van der Waals surface area contributed by atoms with Crippen LogP contribution in [0.2, 0.25) is 0 Å². The average molecular weight is 297 g/mol. The molecule has 7 heteroatoms. The Kier molecular flexibility index (Phi) is 2.76. The van der Waals surface area contributed by atoms with Crippen molar-refractivity contribution < 1.29 is 13.6 Å². The number of nitrogens with zero attached hydrogens (tertiary/aromatic N) is 1. The molecule has 2 rings (SSSR count). The van der Waals surface area contributed by atoms with Crippen LogP contribution in [0.15, 0.2) is 9.30 Å². The maximum atomic E-state index is 12.5. The van der Waals surface area contributed by atoms with Crippen LogP contribution in [0.25, 0.3) is 0 Å². The van der Waals surface area contributed by atoms with Gasteiger partial charge in [0.05, 0.1) is 0 Å². The lowest BCUT2D eigenvalue weighted by Gasteiger charge is -2.14. The summed E-state index contributed by atoms with van der Waals surface area (Å²) in [6.07, 6.45) is -1.84. The van der Waals surface area contributed by atoms with Crippen molar-refractivity contribution in [2.75, 3.05) is 0 Å². The second kappa shape index (κ2) is 3.79. The van der Waals surface area contributed by atoms with Gasteiger partial charge in [-0.3, -0.25) is 4.79 Å². The lowest BCUT2D eigenvalue weighted by molar-refractivity contribution is 0.0677. The maximum Gasteiger partial charge on any atom is 0.271 e. The van der Waals surface area contributed by atoms with Crippen molar-refractivity contribution in [2.45, 2.75) is 24.8 Å². The van der Waals surface area contributed by atoms with E-state index in [4.69, 9.17) is 0 Å². The second-order valence-corrected chi connectivity index (χ2v) is 5.53. The van der Waals surface area contributed by atoms with E-state index in [0.717, 1.165) is 0 Å². The molecular formula is C8H7BrF2N2OS. The molecule has 1 N–H and O–H groups in total. The Morgan fingerprint density at radius 3 is 2.73 bits per heavy atom. The van der Waals surface area contributed by atoms with Gasteiger partial charge in [0.1, 0.15) is 11.2 Å². The van der Waals surface area contributed by atoms with Gasteiger partial charge in [0.2, 0.25) is 0 Å². The highest BCUT2D eigenvalue weighted by Crippen LogP contribution is 2.41. The van der Waals surface area contributed by atoms with E-state index < -0.39 is 17.9 Å². The van der Waals surface area contributed by atoms with Gasteiger partial charge < -0.3 is 5.32 Å². The van der Waals surface area contributed by atoms with Crippen LogP contribution in [-0.4, -0.2) is 22.9 Å². The van der Waals surface area contributed by atoms with Crippen molar-refractivity contribution in [1.82, 2.24) is 10.3 Å². The van der Waals surface area contributed by atoms with Gasteiger partial charge in [-0.2, -0.15) is 0 Å². The molecule has 0 saturated heterocycles. The summed E-state index contributed by atoms with van der Waals surface area (Å²) >= 11 is 4.35. The summed E-state index contributed by atoms with van der Waals surface area (Å²) in [5.74, 6) is -0.533. The summed E-state index contributed by atoms with van der Waals surface area (Å²) in [6, 6.07) is 0. The highest BCUT2D eigenvalue weighted by atomic mass is 79.9. The van der Waals surface area contributed by atoms with Crippen LogP contribution >= 0.6 is 27.3 Å². The van der Waals surface area contributed by atoms with E-state index in [-0.39, 0.29) is 5.69 Å². The first-order chi connectivity index (χ1) is 7.03. The predicted octanol–water partition coefficient (Wildman–Crippen LogP) is 2.43. The molecule has 0 radical (unpaired) electrons. The first kappa shape index (κ1) is 10.9. The zero-order chi connectivity index (χ0) is 11.1. The Balaban J connectivity index is 2.04. The van der Waals surface area contributed by atoms with Crippen LogP contribution < -0.4 is 5.32 Å². The molecule has 1 saturated carbocycles. The number of halogens is 3. The van der Waals surface area contributed by atoms with Crippen molar-refractivity contribution >= 4 is 33.2 Å². The molecule has 0 aliphatic heterocycles. The SMILES string of the molecule is O=C(NC1(C(F)F)CC1)c1csc(Br)n1. The number of carbonyl (C=O) groups excluding carboxylic acids is 1. The Bertz CT molecular complexity index is 392. The van der Waals surface area contributed by atoms with E-state index in [2.05, 4.69) is 26.2 Å². The van der Waals surface area contributed by atoms with E-state index in [1.165, 1.54) is 16.7 Å². The Morgan fingerprint density at radius 1 is 1.67 bits per heavy atom. The van der Waals surface area contributed by atoms with E-state index in [9.17, 15) is 13.6 Å². The van der Waals surface area contributed by atoms with Crippen LogP contribution in [0.4, 0.5) is 8.78 Å². The smallest absolute Gasteiger partial charge is 0.271 e. The number of hydrogen-bond acceptors (Lipinski definition) is 3. The molecule has 1 aromatic rings. The van der Waals surface area contributed by atoms with Gasteiger partial charge in [0.25, 0.3) is 12.3 Å². The molecule has 0 unspecified atom stereocenters. The molecular weight excluding hydrogens is 290 g/mol. The molecule has 1 amide bonds. The third-order valence-corrected chi connectivity index (χ3v) is 3.64. The number of alkyl halides is 2. The van der Waals surface area contributed by atoms with E-state index in [0.29, 0.717) is 16.8 Å². The van der Waals surface area contributed by atoms with Gasteiger partial charge in [0.15, 0.2) is 3.92 Å². The first-order valence-electron chi connectivity index (χ1n) is 4.25. The van der Waals surface area contributed by atoms with Crippen molar-refractivity contribution in [2.24, 2.45) is 0 Å². The van der Waals surface area contributed by atoms with Crippen molar-refractivity contribution in [3.05, 3.63) is 15.0 Å².